The lowest BCUT2D eigenvalue weighted by atomic mass is 10.1. The highest BCUT2D eigenvalue weighted by Crippen LogP contribution is 2.27. The summed E-state index contributed by atoms with van der Waals surface area (Å²) in [6.45, 7) is 6.17. The maximum atomic E-state index is 3.43. The molecule has 0 bridgehead atoms. The molecule has 3 aliphatic rings. The van der Waals surface area contributed by atoms with E-state index in [-0.39, 0.29) is 0 Å². The van der Waals surface area contributed by atoms with Crippen LogP contribution in [0.2, 0.25) is 0 Å². The van der Waals surface area contributed by atoms with E-state index in [0.29, 0.717) is 0 Å². The lowest BCUT2D eigenvalue weighted by molar-refractivity contribution is 0.291. The van der Waals surface area contributed by atoms with Crippen LogP contribution in [0.1, 0.15) is 6.42 Å². The highest BCUT2D eigenvalue weighted by molar-refractivity contribution is 7.99. The summed E-state index contributed by atoms with van der Waals surface area (Å²) < 4.78 is 0. The van der Waals surface area contributed by atoms with Crippen molar-refractivity contribution in [1.29, 1.82) is 0 Å². The highest BCUT2D eigenvalue weighted by Gasteiger charge is 2.27. The first-order valence-electron chi connectivity index (χ1n) is 5.62. The van der Waals surface area contributed by atoms with Gasteiger partial charge in [-0.25, -0.2) is 0 Å². The second-order valence-electron chi connectivity index (χ2n) is 4.71. The monoisotopic (exact) mass is 210 g/mol. The van der Waals surface area contributed by atoms with Crippen LogP contribution >= 0.6 is 11.8 Å². The number of thioether (sulfide) groups is 1. The lowest BCUT2D eigenvalue weighted by Crippen LogP contribution is -2.31. The molecule has 0 aromatic heterocycles. The molecule has 1 atom stereocenters. The fourth-order valence-corrected chi connectivity index (χ4v) is 4.04. The van der Waals surface area contributed by atoms with Crippen LogP contribution in [-0.4, -0.2) is 49.1 Å². The van der Waals surface area contributed by atoms with Gasteiger partial charge in [-0.3, -0.25) is 4.90 Å². The zero-order valence-corrected chi connectivity index (χ0v) is 9.41. The van der Waals surface area contributed by atoms with E-state index in [1.165, 1.54) is 37.6 Å². The van der Waals surface area contributed by atoms with Crippen molar-refractivity contribution in [2.75, 3.05) is 44.2 Å². The van der Waals surface area contributed by atoms with Gasteiger partial charge in [-0.05, 0) is 35.0 Å². The summed E-state index contributed by atoms with van der Waals surface area (Å²) in [5.74, 6) is 3.78. The molecule has 1 unspecified atom stereocenters. The molecule has 0 spiro atoms. The Morgan fingerprint density at radius 2 is 2.07 bits per heavy atom. The van der Waals surface area contributed by atoms with Gasteiger partial charge in [0.2, 0.25) is 0 Å². The largest absolute Gasteiger partial charge is 0.309 e. The molecule has 0 aromatic carbocycles. The van der Waals surface area contributed by atoms with Crippen molar-refractivity contribution in [3.63, 3.8) is 0 Å². The molecule has 3 aliphatic heterocycles. The summed E-state index contributed by atoms with van der Waals surface area (Å²) in [6.07, 6.45) is 1.45. The SMILES string of the molecule is C1CC(CN2CC3=C(CNC3)C2)CS1. The van der Waals surface area contributed by atoms with Crippen molar-refractivity contribution in [3.8, 4) is 0 Å². The molecule has 0 aliphatic carbocycles. The maximum absolute atomic E-state index is 3.43. The Hall–Kier alpha value is 0.01000. The quantitative estimate of drug-likeness (QED) is 0.683. The third-order valence-electron chi connectivity index (χ3n) is 3.55. The van der Waals surface area contributed by atoms with Crippen LogP contribution in [0.15, 0.2) is 11.1 Å². The Labute approximate surface area is 90.1 Å². The molecule has 0 amide bonds. The molecule has 3 heterocycles. The Morgan fingerprint density at radius 1 is 1.29 bits per heavy atom. The van der Waals surface area contributed by atoms with E-state index in [1.807, 2.05) is 0 Å². The third kappa shape index (κ3) is 1.73. The summed E-state index contributed by atoms with van der Waals surface area (Å²) in [7, 11) is 0. The minimum absolute atomic E-state index is 0.980. The van der Waals surface area contributed by atoms with E-state index in [9.17, 15) is 0 Å². The summed E-state index contributed by atoms with van der Waals surface area (Å²) in [4.78, 5) is 2.65. The predicted octanol–water partition coefficient (Wildman–Crippen LogP) is 0.955. The second kappa shape index (κ2) is 3.87. The number of hydrogen-bond acceptors (Lipinski definition) is 3. The summed E-state index contributed by atoms with van der Waals surface area (Å²) >= 11 is 2.13. The molecule has 0 aromatic rings. The maximum Gasteiger partial charge on any atom is 0.0212 e. The molecule has 1 fully saturated rings. The predicted molar refractivity (Wildman–Crippen MR) is 61.8 cm³/mol. The highest BCUT2D eigenvalue weighted by atomic mass is 32.2. The Morgan fingerprint density at radius 3 is 2.71 bits per heavy atom. The third-order valence-corrected chi connectivity index (χ3v) is 4.78. The van der Waals surface area contributed by atoms with Crippen molar-refractivity contribution < 1.29 is 0 Å². The Kier molecular flexibility index (Phi) is 2.56. The first kappa shape index (κ1) is 9.25. The summed E-state index contributed by atoms with van der Waals surface area (Å²) in [6, 6.07) is 0. The average Bonchev–Trinajstić information content (AvgIpc) is 2.78. The van der Waals surface area contributed by atoms with Crippen molar-refractivity contribution in [3.05, 3.63) is 11.1 Å². The molecule has 0 radical (unpaired) electrons. The van der Waals surface area contributed by atoms with Crippen LogP contribution in [0, 0.1) is 5.92 Å². The van der Waals surface area contributed by atoms with E-state index >= 15 is 0 Å². The Balaban J connectivity index is 1.52. The molecule has 3 rings (SSSR count). The van der Waals surface area contributed by atoms with Crippen molar-refractivity contribution in [2.24, 2.45) is 5.92 Å². The number of nitrogens with zero attached hydrogens (tertiary/aromatic N) is 1. The fourth-order valence-electron chi connectivity index (χ4n) is 2.77. The molecular weight excluding hydrogens is 192 g/mol. The Bertz CT molecular complexity index is 240. The van der Waals surface area contributed by atoms with E-state index in [2.05, 4.69) is 22.0 Å². The van der Waals surface area contributed by atoms with Gasteiger partial charge in [0, 0.05) is 32.7 Å². The normalized spacial score (nSPS) is 33.0. The molecule has 1 N–H and O–H groups in total. The van der Waals surface area contributed by atoms with Crippen molar-refractivity contribution >= 4 is 11.8 Å². The molecule has 78 valence electrons. The van der Waals surface area contributed by atoms with Crippen molar-refractivity contribution in [1.82, 2.24) is 10.2 Å². The number of hydrogen-bond donors (Lipinski definition) is 1. The van der Waals surface area contributed by atoms with Gasteiger partial charge in [-0.1, -0.05) is 0 Å². The van der Waals surface area contributed by atoms with Crippen LogP contribution in [0.3, 0.4) is 0 Å². The minimum Gasteiger partial charge on any atom is -0.309 e. The molecule has 1 saturated heterocycles. The van der Waals surface area contributed by atoms with E-state index in [0.717, 1.165) is 19.0 Å². The summed E-state index contributed by atoms with van der Waals surface area (Å²) in [5.41, 5.74) is 3.38. The van der Waals surface area contributed by atoms with Gasteiger partial charge in [0.15, 0.2) is 0 Å². The standard InChI is InChI=1S/C11H18N2S/c1-2-14-8-9(1)5-13-6-10-3-12-4-11(10)7-13/h9,12H,1-8H2. The van der Waals surface area contributed by atoms with Crippen LogP contribution in [0.4, 0.5) is 0 Å². The molecule has 14 heavy (non-hydrogen) atoms. The van der Waals surface area contributed by atoms with Gasteiger partial charge in [0.1, 0.15) is 0 Å². The van der Waals surface area contributed by atoms with Crippen LogP contribution < -0.4 is 5.32 Å². The van der Waals surface area contributed by atoms with Gasteiger partial charge < -0.3 is 5.32 Å². The zero-order chi connectivity index (χ0) is 9.38. The van der Waals surface area contributed by atoms with Gasteiger partial charge >= 0.3 is 0 Å². The van der Waals surface area contributed by atoms with Crippen molar-refractivity contribution in [2.45, 2.75) is 6.42 Å². The van der Waals surface area contributed by atoms with Crippen LogP contribution in [-0.2, 0) is 0 Å². The lowest BCUT2D eigenvalue weighted by Gasteiger charge is -2.21. The number of rotatable bonds is 2. The van der Waals surface area contributed by atoms with Gasteiger partial charge in [-0.15, -0.1) is 0 Å². The zero-order valence-electron chi connectivity index (χ0n) is 8.59. The molecule has 2 nitrogen and oxygen atoms in total. The first-order valence-corrected chi connectivity index (χ1v) is 6.78. The molecular formula is C11H18N2S. The smallest absolute Gasteiger partial charge is 0.0212 e. The van der Waals surface area contributed by atoms with Gasteiger partial charge in [0.25, 0.3) is 0 Å². The van der Waals surface area contributed by atoms with E-state index in [4.69, 9.17) is 0 Å². The average molecular weight is 210 g/mol. The summed E-state index contributed by atoms with van der Waals surface area (Å²) in [5, 5.41) is 3.43. The first-order chi connectivity index (χ1) is 6.92. The fraction of sp³-hybridized carbons (Fsp3) is 0.818. The molecule has 3 heteroatoms. The minimum atomic E-state index is 0.980. The number of nitrogens with one attached hydrogen (secondary N) is 1. The molecule has 0 saturated carbocycles. The van der Waals surface area contributed by atoms with E-state index < -0.39 is 0 Å². The van der Waals surface area contributed by atoms with E-state index in [1.54, 1.807) is 11.1 Å². The second-order valence-corrected chi connectivity index (χ2v) is 5.86. The topological polar surface area (TPSA) is 15.3 Å². The van der Waals surface area contributed by atoms with Gasteiger partial charge in [-0.2, -0.15) is 11.8 Å². The van der Waals surface area contributed by atoms with Crippen LogP contribution in [0.5, 0.6) is 0 Å². The van der Waals surface area contributed by atoms with Gasteiger partial charge in [0.05, 0.1) is 0 Å². The van der Waals surface area contributed by atoms with Crippen LogP contribution in [0.25, 0.3) is 0 Å².